The summed E-state index contributed by atoms with van der Waals surface area (Å²) in [5.74, 6) is 1.25. The first-order valence-electron chi connectivity index (χ1n) is 12.1. The molecule has 0 saturated carbocycles. The fraction of sp³-hybridized carbons (Fsp3) is 0.0606. The number of para-hydroxylation sites is 1. The van der Waals surface area contributed by atoms with Gasteiger partial charge in [0.15, 0.2) is 0 Å². The van der Waals surface area contributed by atoms with Crippen LogP contribution < -0.4 is 0 Å². The number of furan rings is 1. The number of allylic oxidation sites excluding steroid dienone is 1. The van der Waals surface area contributed by atoms with E-state index in [1.165, 1.54) is 21.9 Å². The highest BCUT2D eigenvalue weighted by atomic mass is 16.3. The van der Waals surface area contributed by atoms with E-state index in [2.05, 4.69) is 109 Å². The third kappa shape index (κ3) is 3.46. The summed E-state index contributed by atoms with van der Waals surface area (Å²) in [6.45, 7) is 0. The minimum Gasteiger partial charge on any atom is -0.460 e. The van der Waals surface area contributed by atoms with Crippen LogP contribution in [0.2, 0.25) is 0 Å². The maximum Gasteiger partial charge on any atom is 0.134 e. The molecular weight excluding hydrogens is 426 g/mol. The van der Waals surface area contributed by atoms with Gasteiger partial charge < -0.3 is 4.42 Å². The number of pyridine rings is 1. The first-order valence-corrected chi connectivity index (χ1v) is 12.1. The van der Waals surface area contributed by atoms with Crippen LogP contribution in [-0.2, 0) is 6.42 Å². The van der Waals surface area contributed by atoms with Crippen LogP contribution in [0.1, 0.15) is 28.5 Å². The molecule has 0 fully saturated rings. The Kier molecular flexibility index (Phi) is 4.63. The topological polar surface area (TPSA) is 26.0 Å². The van der Waals surface area contributed by atoms with Crippen molar-refractivity contribution in [1.82, 2.24) is 4.98 Å². The first kappa shape index (κ1) is 20.0. The summed E-state index contributed by atoms with van der Waals surface area (Å²) in [6, 6.07) is 40.3. The Balaban J connectivity index is 1.42. The molecular formula is C33H23NO. The smallest absolute Gasteiger partial charge is 0.134 e. The molecule has 4 aromatic carbocycles. The largest absolute Gasteiger partial charge is 0.460 e. The van der Waals surface area contributed by atoms with Crippen LogP contribution in [0, 0.1) is 0 Å². The van der Waals surface area contributed by atoms with Gasteiger partial charge in [-0.2, -0.15) is 0 Å². The highest BCUT2D eigenvalue weighted by Crippen LogP contribution is 2.43. The molecule has 2 heteroatoms. The number of aromatic nitrogens is 1. The van der Waals surface area contributed by atoms with Crippen LogP contribution >= 0.6 is 0 Å². The lowest BCUT2D eigenvalue weighted by molar-refractivity contribution is 0.531. The minimum absolute atomic E-state index is 0.213. The standard InChI is InChI=1S/C33H23NO/c1-2-10-23(11-3-1)29-14-8-15-30(34-29)28-20-26(25-18-17-22-9-4-5-12-24(22)19-25)21-32-33(28)27-13-6-7-16-31(27)35-32/h1-20,26H,21H2. The molecule has 7 rings (SSSR count). The maximum absolute atomic E-state index is 6.43. The van der Waals surface area contributed by atoms with Crippen molar-refractivity contribution >= 4 is 27.3 Å². The summed E-state index contributed by atoms with van der Waals surface area (Å²) in [4.78, 5) is 5.12. The summed E-state index contributed by atoms with van der Waals surface area (Å²) < 4.78 is 6.43. The molecule has 0 saturated heterocycles. The van der Waals surface area contributed by atoms with Gasteiger partial charge in [0.2, 0.25) is 0 Å². The van der Waals surface area contributed by atoms with Crippen LogP contribution in [0.4, 0.5) is 0 Å². The molecule has 0 spiro atoms. The van der Waals surface area contributed by atoms with Crippen LogP contribution in [0.15, 0.2) is 126 Å². The van der Waals surface area contributed by atoms with Crippen molar-refractivity contribution in [3.63, 3.8) is 0 Å². The van der Waals surface area contributed by atoms with Gasteiger partial charge in [-0.1, -0.05) is 103 Å². The average Bonchev–Trinajstić information content (AvgIpc) is 3.31. The summed E-state index contributed by atoms with van der Waals surface area (Å²) >= 11 is 0. The van der Waals surface area contributed by atoms with Gasteiger partial charge in [-0.15, -0.1) is 0 Å². The summed E-state index contributed by atoms with van der Waals surface area (Å²) in [6.07, 6.45) is 3.23. The van der Waals surface area contributed by atoms with Crippen molar-refractivity contribution in [3.8, 4) is 11.3 Å². The molecule has 166 valence electrons. The molecule has 2 heterocycles. The molecule has 0 radical (unpaired) electrons. The summed E-state index contributed by atoms with van der Waals surface area (Å²) in [5.41, 5.74) is 7.63. The zero-order valence-corrected chi connectivity index (χ0v) is 19.2. The lowest BCUT2D eigenvalue weighted by Gasteiger charge is -2.22. The summed E-state index contributed by atoms with van der Waals surface area (Å²) in [5, 5.41) is 3.68. The fourth-order valence-corrected chi connectivity index (χ4v) is 5.30. The van der Waals surface area contributed by atoms with Gasteiger partial charge in [0, 0.05) is 34.4 Å². The maximum atomic E-state index is 6.43. The first-order chi connectivity index (χ1) is 17.3. The second-order valence-electron chi connectivity index (χ2n) is 9.17. The van der Waals surface area contributed by atoms with E-state index >= 15 is 0 Å². The van der Waals surface area contributed by atoms with Gasteiger partial charge in [-0.3, -0.25) is 0 Å². The number of benzene rings is 4. The molecule has 2 aromatic heterocycles. The highest BCUT2D eigenvalue weighted by molar-refractivity contribution is 5.98. The van der Waals surface area contributed by atoms with Gasteiger partial charge in [0.25, 0.3) is 0 Å². The molecule has 0 aliphatic heterocycles. The molecule has 2 nitrogen and oxygen atoms in total. The normalized spacial score (nSPS) is 15.2. The van der Waals surface area contributed by atoms with E-state index in [4.69, 9.17) is 9.40 Å². The zero-order valence-electron chi connectivity index (χ0n) is 19.2. The molecule has 0 N–H and O–H groups in total. The van der Waals surface area contributed by atoms with E-state index in [0.29, 0.717) is 0 Å². The summed E-state index contributed by atoms with van der Waals surface area (Å²) in [7, 11) is 0. The number of nitrogens with zero attached hydrogens (tertiary/aromatic N) is 1. The number of rotatable bonds is 3. The SMILES string of the molecule is C1=C(c2cccc(-c3ccccc3)n2)c2c(oc3ccccc23)CC1c1ccc2ccccc2c1. The van der Waals surface area contributed by atoms with Crippen LogP contribution in [-0.4, -0.2) is 4.98 Å². The third-order valence-electron chi connectivity index (χ3n) is 7.01. The lowest BCUT2D eigenvalue weighted by atomic mass is 9.82. The molecule has 35 heavy (non-hydrogen) atoms. The van der Waals surface area contributed by atoms with Gasteiger partial charge in [-0.25, -0.2) is 4.98 Å². The third-order valence-corrected chi connectivity index (χ3v) is 7.01. The van der Waals surface area contributed by atoms with E-state index in [0.717, 1.165) is 45.7 Å². The van der Waals surface area contributed by atoms with Crippen molar-refractivity contribution in [2.45, 2.75) is 12.3 Å². The van der Waals surface area contributed by atoms with E-state index in [9.17, 15) is 0 Å². The van der Waals surface area contributed by atoms with Crippen molar-refractivity contribution in [2.75, 3.05) is 0 Å². The number of hydrogen-bond acceptors (Lipinski definition) is 2. The van der Waals surface area contributed by atoms with E-state index < -0.39 is 0 Å². The second-order valence-corrected chi connectivity index (χ2v) is 9.17. The van der Waals surface area contributed by atoms with Crippen molar-refractivity contribution < 1.29 is 4.42 Å². The van der Waals surface area contributed by atoms with Gasteiger partial charge in [0.1, 0.15) is 11.3 Å². The average molecular weight is 450 g/mol. The lowest BCUT2D eigenvalue weighted by Crippen LogP contribution is -2.09. The molecule has 0 amide bonds. The molecule has 1 atom stereocenters. The molecule has 1 aliphatic rings. The van der Waals surface area contributed by atoms with Crippen molar-refractivity contribution in [3.05, 3.63) is 144 Å². The van der Waals surface area contributed by atoms with E-state index in [-0.39, 0.29) is 5.92 Å². The quantitative estimate of drug-likeness (QED) is 0.271. The predicted molar refractivity (Wildman–Crippen MR) is 143 cm³/mol. The second kappa shape index (κ2) is 8.11. The molecule has 6 aromatic rings. The van der Waals surface area contributed by atoms with Crippen LogP contribution in [0.25, 0.3) is 38.6 Å². The molecule has 1 aliphatic carbocycles. The van der Waals surface area contributed by atoms with Crippen LogP contribution in [0.5, 0.6) is 0 Å². The van der Waals surface area contributed by atoms with Crippen LogP contribution in [0.3, 0.4) is 0 Å². The Morgan fingerprint density at radius 2 is 1.43 bits per heavy atom. The predicted octanol–water partition coefficient (Wildman–Crippen LogP) is 8.42. The Morgan fingerprint density at radius 1 is 0.657 bits per heavy atom. The molecule has 0 bridgehead atoms. The monoisotopic (exact) mass is 449 g/mol. The fourth-order valence-electron chi connectivity index (χ4n) is 5.30. The van der Waals surface area contributed by atoms with Gasteiger partial charge in [0.05, 0.1) is 11.4 Å². The van der Waals surface area contributed by atoms with Gasteiger partial charge in [-0.05, 0) is 34.5 Å². The van der Waals surface area contributed by atoms with E-state index in [1.807, 2.05) is 12.1 Å². The zero-order chi connectivity index (χ0) is 23.2. The minimum atomic E-state index is 0.213. The number of hydrogen-bond donors (Lipinski definition) is 0. The Morgan fingerprint density at radius 3 is 2.34 bits per heavy atom. The van der Waals surface area contributed by atoms with E-state index in [1.54, 1.807) is 0 Å². The Hall–Kier alpha value is -4.43. The Labute approximate surface area is 204 Å². The number of fused-ring (bicyclic) bond motifs is 4. The van der Waals surface area contributed by atoms with Crippen molar-refractivity contribution in [2.24, 2.45) is 0 Å². The van der Waals surface area contributed by atoms with Crippen molar-refractivity contribution in [1.29, 1.82) is 0 Å². The Bertz CT molecular complexity index is 1730. The molecule has 1 unspecified atom stereocenters. The van der Waals surface area contributed by atoms with Gasteiger partial charge >= 0.3 is 0 Å². The highest BCUT2D eigenvalue weighted by Gasteiger charge is 2.28.